The summed E-state index contributed by atoms with van der Waals surface area (Å²) in [5, 5.41) is 11.3. The van der Waals surface area contributed by atoms with Gasteiger partial charge in [0.05, 0.1) is 5.52 Å². The molecule has 0 aliphatic heterocycles. The maximum atomic E-state index is 10.3. The molecule has 0 aliphatic rings. The Morgan fingerprint density at radius 3 is 2.74 bits per heavy atom. The van der Waals surface area contributed by atoms with Crippen molar-refractivity contribution in [3.05, 3.63) is 65.7 Å². The molecule has 0 bridgehead atoms. The van der Waals surface area contributed by atoms with Crippen molar-refractivity contribution in [3.8, 4) is 0 Å². The van der Waals surface area contributed by atoms with Crippen molar-refractivity contribution < 1.29 is 5.11 Å². The first-order valence-corrected chi connectivity index (χ1v) is 7.49. The summed E-state index contributed by atoms with van der Waals surface area (Å²) in [5.74, 6) is 0.700. The van der Waals surface area contributed by atoms with Gasteiger partial charge in [-0.1, -0.05) is 18.2 Å². The Bertz CT molecular complexity index is 927. The van der Waals surface area contributed by atoms with E-state index in [2.05, 4.69) is 15.0 Å². The SMILES string of the molecule is CCN=c1c2ccccc2nc(/C=C(\O)c2ccccn2)n1C. The summed E-state index contributed by atoms with van der Waals surface area (Å²) in [4.78, 5) is 13.3. The maximum Gasteiger partial charge on any atom is 0.144 e. The molecule has 0 fully saturated rings. The summed E-state index contributed by atoms with van der Waals surface area (Å²) in [6.45, 7) is 2.67. The van der Waals surface area contributed by atoms with Gasteiger partial charge in [-0.2, -0.15) is 0 Å². The Morgan fingerprint density at radius 1 is 1.22 bits per heavy atom. The van der Waals surface area contributed by atoms with Gasteiger partial charge in [0, 0.05) is 31.3 Å². The van der Waals surface area contributed by atoms with Crippen molar-refractivity contribution in [2.45, 2.75) is 6.92 Å². The number of aliphatic hydroxyl groups excluding tert-OH is 1. The molecule has 2 aromatic heterocycles. The zero-order valence-corrected chi connectivity index (χ0v) is 13.1. The molecule has 3 aromatic rings. The zero-order valence-electron chi connectivity index (χ0n) is 13.1. The summed E-state index contributed by atoms with van der Waals surface area (Å²) in [6.07, 6.45) is 3.26. The standard InChI is InChI=1S/C18H18N4O/c1-3-19-18-13-8-4-5-9-14(13)21-17(22(18)2)12-16(23)15-10-6-7-11-20-15/h4-12,23H,3H2,1-2H3/b16-12-,19-18?. The summed E-state index contributed by atoms with van der Waals surface area (Å²) in [5.41, 5.74) is 2.20. The lowest BCUT2D eigenvalue weighted by molar-refractivity contribution is 0.511. The van der Waals surface area contributed by atoms with Crippen LogP contribution in [0.25, 0.3) is 22.7 Å². The molecule has 0 spiro atoms. The van der Waals surface area contributed by atoms with Crippen LogP contribution in [0.1, 0.15) is 18.4 Å². The van der Waals surface area contributed by atoms with Crippen LogP contribution < -0.4 is 5.49 Å². The topological polar surface area (TPSA) is 63.3 Å². The van der Waals surface area contributed by atoms with Crippen LogP contribution in [-0.4, -0.2) is 26.2 Å². The van der Waals surface area contributed by atoms with Gasteiger partial charge in [-0.3, -0.25) is 9.98 Å². The smallest absolute Gasteiger partial charge is 0.144 e. The predicted octanol–water partition coefficient (Wildman–Crippen LogP) is 2.95. The maximum absolute atomic E-state index is 10.3. The third-order valence-electron chi connectivity index (χ3n) is 3.54. The van der Waals surface area contributed by atoms with E-state index in [1.54, 1.807) is 18.3 Å². The van der Waals surface area contributed by atoms with Crippen molar-refractivity contribution >= 4 is 22.7 Å². The van der Waals surface area contributed by atoms with E-state index in [1.807, 2.05) is 54.9 Å². The number of hydrogen-bond acceptors (Lipinski definition) is 4. The molecule has 1 N–H and O–H groups in total. The van der Waals surface area contributed by atoms with Crippen LogP contribution in [-0.2, 0) is 7.05 Å². The fraction of sp³-hybridized carbons (Fsp3) is 0.167. The third-order valence-corrected chi connectivity index (χ3v) is 3.54. The first-order chi connectivity index (χ1) is 11.2. The first-order valence-electron chi connectivity index (χ1n) is 7.49. The fourth-order valence-electron chi connectivity index (χ4n) is 2.43. The second kappa shape index (κ2) is 6.44. The van der Waals surface area contributed by atoms with Gasteiger partial charge in [0.2, 0.25) is 0 Å². The van der Waals surface area contributed by atoms with Gasteiger partial charge in [0.15, 0.2) is 0 Å². The lowest BCUT2D eigenvalue weighted by Gasteiger charge is -2.09. The minimum Gasteiger partial charge on any atom is -0.506 e. The van der Waals surface area contributed by atoms with Crippen molar-refractivity contribution in [3.63, 3.8) is 0 Å². The highest BCUT2D eigenvalue weighted by atomic mass is 16.3. The van der Waals surface area contributed by atoms with Gasteiger partial charge in [-0.25, -0.2) is 4.98 Å². The van der Waals surface area contributed by atoms with E-state index in [0.717, 1.165) is 16.4 Å². The van der Waals surface area contributed by atoms with Crippen LogP contribution in [0.2, 0.25) is 0 Å². The van der Waals surface area contributed by atoms with Gasteiger partial charge in [-0.05, 0) is 31.2 Å². The number of para-hydroxylation sites is 1. The van der Waals surface area contributed by atoms with Crippen molar-refractivity contribution in [2.75, 3.05) is 6.54 Å². The number of aromatic nitrogens is 3. The molecule has 0 aliphatic carbocycles. The molecule has 5 nitrogen and oxygen atoms in total. The van der Waals surface area contributed by atoms with Gasteiger partial charge < -0.3 is 9.67 Å². The third kappa shape index (κ3) is 2.99. The quantitative estimate of drug-likeness (QED) is 0.757. The van der Waals surface area contributed by atoms with Crippen molar-refractivity contribution in [1.82, 2.24) is 14.5 Å². The van der Waals surface area contributed by atoms with Crippen LogP contribution in [0.5, 0.6) is 0 Å². The number of aliphatic hydroxyl groups is 1. The fourth-order valence-corrected chi connectivity index (χ4v) is 2.43. The first kappa shape index (κ1) is 15.0. The molecule has 3 rings (SSSR count). The Balaban J connectivity index is 2.23. The molecule has 0 saturated carbocycles. The van der Waals surface area contributed by atoms with E-state index >= 15 is 0 Å². The van der Waals surface area contributed by atoms with Crippen molar-refractivity contribution in [2.24, 2.45) is 12.0 Å². The van der Waals surface area contributed by atoms with E-state index in [4.69, 9.17) is 0 Å². The molecule has 1 aromatic carbocycles. The highest BCUT2D eigenvalue weighted by Gasteiger charge is 2.07. The molecule has 23 heavy (non-hydrogen) atoms. The normalized spacial score (nSPS) is 12.8. The Hall–Kier alpha value is -2.95. The molecule has 0 saturated heterocycles. The number of benzene rings is 1. The number of fused-ring (bicyclic) bond motifs is 1. The molecule has 0 unspecified atom stereocenters. The summed E-state index contributed by atoms with van der Waals surface area (Å²) in [6, 6.07) is 13.3. The average molecular weight is 306 g/mol. The molecular weight excluding hydrogens is 288 g/mol. The van der Waals surface area contributed by atoms with Gasteiger partial charge in [-0.15, -0.1) is 0 Å². The molecule has 2 heterocycles. The van der Waals surface area contributed by atoms with Crippen LogP contribution in [0.4, 0.5) is 0 Å². The second-order valence-electron chi connectivity index (χ2n) is 5.09. The highest BCUT2D eigenvalue weighted by molar-refractivity contribution is 5.80. The Labute approximate surface area is 134 Å². The summed E-state index contributed by atoms with van der Waals surface area (Å²) >= 11 is 0. The molecule has 5 heteroatoms. The second-order valence-corrected chi connectivity index (χ2v) is 5.09. The Kier molecular flexibility index (Phi) is 4.19. The molecular formula is C18H18N4O. The lowest BCUT2D eigenvalue weighted by Crippen LogP contribution is -2.23. The minimum atomic E-state index is 0.0754. The monoisotopic (exact) mass is 306 g/mol. The average Bonchev–Trinajstić information content (AvgIpc) is 2.59. The van der Waals surface area contributed by atoms with Gasteiger partial charge in [0.25, 0.3) is 0 Å². The van der Waals surface area contributed by atoms with E-state index < -0.39 is 0 Å². The van der Waals surface area contributed by atoms with E-state index in [0.29, 0.717) is 18.1 Å². The number of nitrogens with zero attached hydrogens (tertiary/aromatic N) is 4. The number of pyridine rings is 1. The number of rotatable bonds is 3. The molecule has 116 valence electrons. The van der Waals surface area contributed by atoms with E-state index in [-0.39, 0.29) is 5.76 Å². The van der Waals surface area contributed by atoms with Crippen molar-refractivity contribution in [1.29, 1.82) is 0 Å². The van der Waals surface area contributed by atoms with Gasteiger partial charge >= 0.3 is 0 Å². The summed E-state index contributed by atoms with van der Waals surface area (Å²) < 4.78 is 1.88. The van der Waals surface area contributed by atoms with Crippen LogP contribution in [0.15, 0.2) is 53.7 Å². The van der Waals surface area contributed by atoms with E-state index in [9.17, 15) is 5.11 Å². The van der Waals surface area contributed by atoms with E-state index in [1.165, 1.54) is 0 Å². The largest absolute Gasteiger partial charge is 0.506 e. The van der Waals surface area contributed by atoms with Crippen LogP contribution in [0.3, 0.4) is 0 Å². The predicted molar refractivity (Wildman–Crippen MR) is 91.6 cm³/mol. The lowest BCUT2D eigenvalue weighted by atomic mass is 10.2. The minimum absolute atomic E-state index is 0.0754. The number of hydrogen-bond donors (Lipinski definition) is 1. The van der Waals surface area contributed by atoms with Crippen LogP contribution >= 0.6 is 0 Å². The molecule has 0 amide bonds. The van der Waals surface area contributed by atoms with Gasteiger partial charge in [0.1, 0.15) is 22.8 Å². The molecule has 0 radical (unpaired) electrons. The molecule has 0 atom stereocenters. The summed E-state index contributed by atoms with van der Waals surface area (Å²) in [7, 11) is 1.89. The highest BCUT2D eigenvalue weighted by Crippen LogP contribution is 2.13. The zero-order chi connectivity index (χ0) is 16.2. The Morgan fingerprint density at radius 2 is 2.00 bits per heavy atom. The van der Waals surface area contributed by atoms with Crippen LogP contribution in [0, 0.1) is 0 Å².